The second-order valence-electron chi connectivity index (χ2n) is 11.5. The minimum atomic E-state index is -1.38. The Morgan fingerprint density at radius 2 is 1.62 bits per heavy atom. The van der Waals surface area contributed by atoms with Gasteiger partial charge in [0, 0.05) is 35.6 Å². The zero-order chi connectivity index (χ0) is 33.7. The number of pyridine rings is 1. The first kappa shape index (κ1) is 32.4. The number of nitrogens with zero attached hydrogens (tertiary/aromatic N) is 3. The third kappa shape index (κ3) is 8.39. The molecule has 5 aromatic rings. The fourth-order valence-electron chi connectivity index (χ4n) is 4.48. The highest BCUT2D eigenvalue weighted by Gasteiger charge is 2.23. The molecule has 0 fully saturated rings. The summed E-state index contributed by atoms with van der Waals surface area (Å²) in [7, 11) is 0. The predicted molar refractivity (Wildman–Crippen MR) is 167 cm³/mol. The number of anilines is 1. The van der Waals surface area contributed by atoms with Gasteiger partial charge in [-0.2, -0.15) is 4.98 Å². The highest BCUT2D eigenvalue weighted by atomic mass is 19.1. The summed E-state index contributed by atoms with van der Waals surface area (Å²) in [5, 5.41) is 18.7. The summed E-state index contributed by atoms with van der Waals surface area (Å²) in [6.07, 6.45) is 1.96. The first-order chi connectivity index (χ1) is 22.3. The molecule has 2 amide bonds. The predicted octanol–water partition coefficient (Wildman–Crippen LogP) is 6.52. The van der Waals surface area contributed by atoms with Crippen LogP contribution in [0.1, 0.15) is 36.7 Å². The van der Waals surface area contributed by atoms with Gasteiger partial charge in [0.2, 0.25) is 5.82 Å². The highest BCUT2D eigenvalue weighted by molar-refractivity contribution is 5.97. The molecule has 0 saturated carbocycles. The smallest absolute Gasteiger partial charge is 0.412 e. The topological polar surface area (TPSA) is 157 Å². The van der Waals surface area contributed by atoms with E-state index in [1.54, 1.807) is 45.0 Å². The fourth-order valence-corrected chi connectivity index (χ4v) is 4.48. The van der Waals surface area contributed by atoms with Crippen LogP contribution in [0.2, 0.25) is 0 Å². The molecule has 0 aliphatic rings. The van der Waals surface area contributed by atoms with Gasteiger partial charge in [-0.1, -0.05) is 23.4 Å². The maximum Gasteiger partial charge on any atom is 0.412 e. The summed E-state index contributed by atoms with van der Waals surface area (Å²) in [6, 6.07) is 16.3. The summed E-state index contributed by atoms with van der Waals surface area (Å²) < 4.78 is 39.1. The number of ether oxygens (including phenoxy) is 1. The van der Waals surface area contributed by atoms with Crippen LogP contribution in [-0.2, 0) is 16.0 Å². The highest BCUT2D eigenvalue weighted by Crippen LogP contribution is 2.27. The average Bonchev–Trinajstić information content (AvgIpc) is 3.50. The molecule has 0 aliphatic carbocycles. The van der Waals surface area contributed by atoms with E-state index in [0.29, 0.717) is 27.9 Å². The number of nitrogens with one attached hydrogen (secondary N) is 2. The standard InChI is InChI=1S/C34H29F2N5O6/c1-34(2,3)46-33(45)38-25-11-7-21(8-12-25)31-40-29(41-47-31)26-13-4-19(14-27(26)36)15-28(32(43)44)39-30(42)23-16-22(17-37-18-23)20-5-9-24(35)10-6-20/h4-14,16-18,28H,15H2,1-3H3,(H,38,45)(H,39,42)(H,43,44). The third-order valence-electron chi connectivity index (χ3n) is 6.70. The van der Waals surface area contributed by atoms with E-state index in [1.807, 2.05) is 0 Å². The van der Waals surface area contributed by atoms with Crippen LogP contribution < -0.4 is 10.6 Å². The summed E-state index contributed by atoms with van der Waals surface area (Å²) >= 11 is 0. The first-order valence-electron chi connectivity index (χ1n) is 14.3. The molecular formula is C34H29F2N5O6. The van der Waals surface area contributed by atoms with Crippen molar-refractivity contribution in [3.05, 3.63) is 108 Å². The van der Waals surface area contributed by atoms with E-state index >= 15 is 4.39 Å². The van der Waals surface area contributed by atoms with Gasteiger partial charge in [-0.15, -0.1) is 0 Å². The monoisotopic (exact) mass is 641 g/mol. The molecule has 0 aliphatic heterocycles. The van der Waals surface area contributed by atoms with Crippen molar-refractivity contribution < 1.29 is 37.5 Å². The number of aromatic nitrogens is 3. The van der Waals surface area contributed by atoms with Gasteiger partial charge in [-0.3, -0.25) is 15.1 Å². The second-order valence-corrected chi connectivity index (χ2v) is 11.5. The lowest BCUT2D eigenvalue weighted by atomic mass is 10.0. The molecule has 0 saturated heterocycles. The number of amides is 2. The van der Waals surface area contributed by atoms with Gasteiger partial charge in [0.1, 0.15) is 23.3 Å². The van der Waals surface area contributed by atoms with Crippen LogP contribution in [0.5, 0.6) is 0 Å². The van der Waals surface area contributed by atoms with Crippen LogP contribution in [0.15, 0.2) is 89.7 Å². The van der Waals surface area contributed by atoms with E-state index in [0.717, 1.165) is 6.07 Å². The van der Waals surface area contributed by atoms with Crippen molar-refractivity contribution in [1.82, 2.24) is 20.4 Å². The SMILES string of the molecule is CC(C)(C)OC(=O)Nc1ccc(-c2nc(-c3ccc(CC(NC(=O)c4cncc(-c5ccc(F)cc5)c4)C(=O)O)cc3F)no2)cc1. The van der Waals surface area contributed by atoms with Gasteiger partial charge in [0.25, 0.3) is 11.8 Å². The lowest BCUT2D eigenvalue weighted by molar-refractivity contribution is -0.139. The Labute approximate surface area is 267 Å². The lowest BCUT2D eigenvalue weighted by Gasteiger charge is -2.19. The maximum atomic E-state index is 15.2. The molecule has 11 nitrogen and oxygen atoms in total. The molecule has 1 unspecified atom stereocenters. The maximum absolute atomic E-state index is 15.2. The number of hydrogen-bond acceptors (Lipinski definition) is 8. The van der Waals surface area contributed by atoms with E-state index < -0.39 is 41.2 Å². The van der Waals surface area contributed by atoms with Gasteiger partial charge in [-0.05, 0) is 86.5 Å². The molecule has 47 heavy (non-hydrogen) atoms. The Hall–Kier alpha value is -5.98. The minimum Gasteiger partial charge on any atom is -0.480 e. The third-order valence-corrected chi connectivity index (χ3v) is 6.70. The van der Waals surface area contributed by atoms with E-state index in [4.69, 9.17) is 9.26 Å². The number of benzene rings is 3. The number of carbonyl (C=O) groups is 3. The average molecular weight is 642 g/mol. The molecule has 5 rings (SSSR count). The number of aliphatic carboxylic acids is 1. The molecule has 1 atom stereocenters. The molecular weight excluding hydrogens is 612 g/mol. The molecule has 3 N–H and O–H groups in total. The van der Waals surface area contributed by atoms with Crippen LogP contribution in [0, 0.1) is 11.6 Å². The number of carboxylic acid groups (broad SMARTS) is 1. The van der Waals surface area contributed by atoms with Crippen LogP contribution in [0.4, 0.5) is 19.3 Å². The zero-order valence-corrected chi connectivity index (χ0v) is 25.5. The van der Waals surface area contributed by atoms with Crippen LogP contribution >= 0.6 is 0 Å². The van der Waals surface area contributed by atoms with Crippen LogP contribution in [0.25, 0.3) is 34.0 Å². The second kappa shape index (κ2) is 13.6. The van der Waals surface area contributed by atoms with Crippen molar-refractivity contribution >= 4 is 23.7 Å². The number of rotatable bonds is 9. The van der Waals surface area contributed by atoms with Crippen molar-refractivity contribution in [1.29, 1.82) is 0 Å². The molecule has 2 heterocycles. The van der Waals surface area contributed by atoms with E-state index in [1.165, 1.54) is 54.9 Å². The number of carboxylic acids is 1. The molecule has 13 heteroatoms. The largest absolute Gasteiger partial charge is 0.480 e. The summed E-state index contributed by atoms with van der Waals surface area (Å²) in [6.45, 7) is 5.26. The Morgan fingerprint density at radius 3 is 2.28 bits per heavy atom. The van der Waals surface area contributed by atoms with E-state index in [-0.39, 0.29) is 29.3 Å². The van der Waals surface area contributed by atoms with Crippen LogP contribution in [0.3, 0.4) is 0 Å². The van der Waals surface area contributed by atoms with Gasteiger partial charge >= 0.3 is 12.1 Å². The van der Waals surface area contributed by atoms with Crippen LogP contribution in [-0.4, -0.2) is 49.8 Å². The molecule has 0 spiro atoms. The molecule has 3 aromatic carbocycles. The van der Waals surface area contributed by atoms with Crippen molar-refractivity contribution in [3.63, 3.8) is 0 Å². The van der Waals surface area contributed by atoms with Gasteiger partial charge < -0.3 is 19.7 Å². The van der Waals surface area contributed by atoms with Gasteiger partial charge in [0.05, 0.1) is 11.1 Å². The summed E-state index contributed by atoms with van der Waals surface area (Å²) in [4.78, 5) is 45.2. The van der Waals surface area contributed by atoms with Crippen molar-refractivity contribution in [3.8, 4) is 34.0 Å². The lowest BCUT2D eigenvalue weighted by Crippen LogP contribution is -2.42. The Kier molecular flexibility index (Phi) is 9.36. The summed E-state index contributed by atoms with van der Waals surface area (Å²) in [5.74, 6) is -3.07. The summed E-state index contributed by atoms with van der Waals surface area (Å²) in [5.41, 5.74) is 1.94. The normalized spacial score (nSPS) is 11.9. The molecule has 0 radical (unpaired) electrons. The molecule has 2 aromatic heterocycles. The number of halogens is 2. The van der Waals surface area contributed by atoms with E-state index in [2.05, 4.69) is 25.8 Å². The zero-order valence-electron chi connectivity index (χ0n) is 25.5. The Balaban J connectivity index is 1.24. The van der Waals surface area contributed by atoms with Crippen molar-refractivity contribution in [2.24, 2.45) is 0 Å². The van der Waals surface area contributed by atoms with Crippen molar-refractivity contribution in [2.75, 3.05) is 5.32 Å². The number of hydrogen-bond donors (Lipinski definition) is 3. The van der Waals surface area contributed by atoms with Gasteiger partial charge in [0.15, 0.2) is 0 Å². The van der Waals surface area contributed by atoms with Gasteiger partial charge in [-0.25, -0.2) is 18.4 Å². The molecule has 0 bridgehead atoms. The fraction of sp³-hybridized carbons (Fsp3) is 0.176. The number of carbonyl (C=O) groups excluding carboxylic acids is 2. The minimum absolute atomic E-state index is 0.0200. The van der Waals surface area contributed by atoms with E-state index in [9.17, 15) is 23.9 Å². The Bertz CT molecular complexity index is 1920. The Morgan fingerprint density at radius 1 is 0.915 bits per heavy atom. The molecule has 240 valence electrons. The quantitative estimate of drug-likeness (QED) is 0.163. The first-order valence-corrected chi connectivity index (χ1v) is 14.3. The van der Waals surface area contributed by atoms with Crippen molar-refractivity contribution in [2.45, 2.75) is 38.8 Å².